The molecule has 156 valence electrons. The summed E-state index contributed by atoms with van der Waals surface area (Å²) >= 11 is 1.35. The van der Waals surface area contributed by atoms with E-state index in [-0.39, 0.29) is 11.7 Å². The van der Waals surface area contributed by atoms with Gasteiger partial charge in [0.05, 0.1) is 12.0 Å². The molecule has 0 spiro atoms. The van der Waals surface area contributed by atoms with Crippen LogP contribution in [0.15, 0.2) is 77.0 Å². The number of hydrogen-bond acceptors (Lipinski definition) is 5. The molecule has 4 aromatic rings. The van der Waals surface area contributed by atoms with Crippen LogP contribution in [-0.4, -0.2) is 32.6 Å². The Balaban J connectivity index is 1.39. The number of rotatable bonds is 7. The van der Waals surface area contributed by atoms with E-state index < -0.39 is 0 Å². The number of hydrogen-bond donors (Lipinski definition) is 1. The zero-order chi connectivity index (χ0) is 21.6. The molecule has 0 aliphatic rings. The maximum Gasteiger partial charge on any atom is 0.250 e. The number of aromatic nitrogens is 3. The molecule has 0 bridgehead atoms. The summed E-state index contributed by atoms with van der Waals surface area (Å²) < 4.78 is 2.02. The summed E-state index contributed by atoms with van der Waals surface area (Å²) in [6.45, 7) is 4.82. The van der Waals surface area contributed by atoms with Crippen LogP contribution in [0.5, 0.6) is 0 Å². The molecule has 1 heterocycles. The van der Waals surface area contributed by atoms with E-state index in [4.69, 9.17) is 0 Å². The summed E-state index contributed by atoms with van der Waals surface area (Å²) in [5, 5.41) is 15.7. The van der Waals surface area contributed by atoms with Crippen LogP contribution in [-0.2, 0) is 11.3 Å². The van der Waals surface area contributed by atoms with Gasteiger partial charge in [0.2, 0.25) is 0 Å². The highest BCUT2D eigenvalue weighted by Crippen LogP contribution is 2.24. The fraction of sp³-hybridized carbons (Fsp3) is 0.167. The van der Waals surface area contributed by atoms with Crippen LogP contribution in [0.2, 0.25) is 0 Å². The quantitative estimate of drug-likeness (QED) is 0.263. The van der Waals surface area contributed by atoms with Crippen molar-refractivity contribution in [3.8, 4) is 11.4 Å². The summed E-state index contributed by atoms with van der Waals surface area (Å²) in [5.41, 5.74) is 5.76. The van der Waals surface area contributed by atoms with E-state index in [0.29, 0.717) is 5.16 Å². The van der Waals surface area contributed by atoms with Gasteiger partial charge in [-0.2, -0.15) is 5.10 Å². The molecule has 1 aromatic heterocycles. The zero-order valence-electron chi connectivity index (χ0n) is 17.4. The van der Waals surface area contributed by atoms with Crippen molar-refractivity contribution in [2.45, 2.75) is 25.5 Å². The van der Waals surface area contributed by atoms with Crippen LogP contribution in [0.4, 0.5) is 0 Å². The molecule has 0 aliphatic heterocycles. The Labute approximate surface area is 185 Å². The van der Waals surface area contributed by atoms with E-state index in [1.54, 1.807) is 6.21 Å². The summed E-state index contributed by atoms with van der Waals surface area (Å²) in [6, 6.07) is 22.3. The van der Waals surface area contributed by atoms with Gasteiger partial charge < -0.3 is 4.57 Å². The summed E-state index contributed by atoms with van der Waals surface area (Å²) in [5.74, 6) is 0.822. The van der Waals surface area contributed by atoms with Gasteiger partial charge in [-0.05, 0) is 24.6 Å². The summed E-state index contributed by atoms with van der Waals surface area (Å²) in [6.07, 6.45) is 1.68. The number of nitrogens with zero attached hydrogens (tertiary/aromatic N) is 4. The highest BCUT2D eigenvalue weighted by Gasteiger charge is 2.14. The second-order valence-corrected chi connectivity index (χ2v) is 8.01. The molecule has 1 amide bonds. The van der Waals surface area contributed by atoms with Crippen molar-refractivity contribution in [1.29, 1.82) is 0 Å². The number of fused-ring (bicyclic) bond motifs is 1. The third kappa shape index (κ3) is 4.83. The molecule has 4 rings (SSSR count). The predicted molar refractivity (Wildman–Crippen MR) is 126 cm³/mol. The number of thioether (sulfide) groups is 1. The molecule has 1 N–H and O–H groups in total. The predicted octanol–water partition coefficient (Wildman–Crippen LogP) is 4.67. The van der Waals surface area contributed by atoms with Crippen molar-refractivity contribution in [3.63, 3.8) is 0 Å². The maximum atomic E-state index is 12.3. The van der Waals surface area contributed by atoms with E-state index >= 15 is 0 Å². The molecule has 7 heteroatoms. The van der Waals surface area contributed by atoms with Crippen molar-refractivity contribution in [3.05, 3.63) is 77.9 Å². The molecule has 0 atom stereocenters. The first-order valence-electron chi connectivity index (χ1n) is 10.1. The van der Waals surface area contributed by atoms with Crippen molar-refractivity contribution < 1.29 is 4.79 Å². The lowest BCUT2D eigenvalue weighted by Gasteiger charge is -2.07. The fourth-order valence-electron chi connectivity index (χ4n) is 3.30. The van der Waals surface area contributed by atoms with Crippen LogP contribution in [0, 0.1) is 6.92 Å². The largest absolute Gasteiger partial charge is 0.302 e. The minimum atomic E-state index is -0.191. The van der Waals surface area contributed by atoms with Crippen molar-refractivity contribution in [2.75, 3.05) is 5.75 Å². The number of carbonyl (C=O) groups is 1. The third-order valence-electron chi connectivity index (χ3n) is 4.89. The van der Waals surface area contributed by atoms with E-state index in [9.17, 15) is 4.79 Å². The summed E-state index contributed by atoms with van der Waals surface area (Å²) in [7, 11) is 0. The second-order valence-electron chi connectivity index (χ2n) is 7.07. The molecule has 0 fully saturated rings. The molecule has 0 saturated heterocycles. The first-order valence-corrected chi connectivity index (χ1v) is 11.1. The van der Waals surface area contributed by atoms with Crippen molar-refractivity contribution in [1.82, 2.24) is 20.2 Å². The average Bonchev–Trinajstić information content (AvgIpc) is 3.21. The monoisotopic (exact) mass is 429 g/mol. The van der Waals surface area contributed by atoms with Crippen molar-refractivity contribution >= 4 is 34.7 Å². The Morgan fingerprint density at radius 1 is 1.06 bits per heavy atom. The van der Waals surface area contributed by atoms with E-state index in [1.807, 2.05) is 54.0 Å². The number of nitrogens with one attached hydrogen (secondary N) is 1. The molecule has 0 radical (unpaired) electrons. The lowest BCUT2D eigenvalue weighted by atomic mass is 10.1. The van der Waals surface area contributed by atoms with E-state index in [0.717, 1.165) is 34.3 Å². The molecule has 31 heavy (non-hydrogen) atoms. The minimum Gasteiger partial charge on any atom is -0.302 e. The molecule has 3 aromatic carbocycles. The molecule has 0 saturated carbocycles. The van der Waals surface area contributed by atoms with Crippen LogP contribution >= 0.6 is 11.8 Å². The van der Waals surface area contributed by atoms with Crippen LogP contribution < -0.4 is 5.43 Å². The minimum absolute atomic E-state index is 0.191. The number of amides is 1. The van der Waals surface area contributed by atoms with E-state index in [1.165, 1.54) is 17.3 Å². The molecule has 0 unspecified atom stereocenters. The van der Waals surface area contributed by atoms with Gasteiger partial charge in [-0.15, -0.1) is 10.2 Å². The fourth-order valence-corrected chi connectivity index (χ4v) is 4.09. The van der Waals surface area contributed by atoms with Gasteiger partial charge in [0.15, 0.2) is 11.0 Å². The highest BCUT2D eigenvalue weighted by atomic mass is 32.2. The maximum absolute atomic E-state index is 12.3. The number of aryl methyl sites for hydroxylation is 1. The Bertz CT molecular complexity index is 1230. The lowest BCUT2D eigenvalue weighted by Crippen LogP contribution is -2.20. The van der Waals surface area contributed by atoms with Gasteiger partial charge in [-0.3, -0.25) is 4.79 Å². The highest BCUT2D eigenvalue weighted by molar-refractivity contribution is 7.99. The molecule has 0 aliphatic carbocycles. The molecule has 6 nitrogen and oxygen atoms in total. The number of hydrazone groups is 1. The summed E-state index contributed by atoms with van der Waals surface area (Å²) in [4.78, 5) is 12.3. The average molecular weight is 430 g/mol. The smallest absolute Gasteiger partial charge is 0.250 e. The molecular weight excluding hydrogens is 406 g/mol. The topological polar surface area (TPSA) is 72.2 Å². The SMILES string of the molecule is CCn1c(SCC(=O)N/N=C\c2cccc3ccccc23)nnc1-c1ccc(C)cc1. The van der Waals surface area contributed by atoms with Gasteiger partial charge in [0.25, 0.3) is 5.91 Å². The van der Waals surface area contributed by atoms with Crippen LogP contribution in [0.25, 0.3) is 22.2 Å². The third-order valence-corrected chi connectivity index (χ3v) is 5.86. The number of carbonyl (C=O) groups excluding carboxylic acids is 1. The first-order chi connectivity index (χ1) is 15.2. The Morgan fingerprint density at radius 3 is 2.65 bits per heavy atom. The van der Waals surface area contributed by atoms with Crippen LogP contribution in [0.1, 0.15) is 18.1 Å². The van der Waals surface area contributed by atoms with Gasteiger partial charge in [-0.25, -0.2) is 5.43 Å². The zero-order valence-corrected chi connectivity index (χ0v) is 18.3. The van der Waals surface area contributed by atoms with Gasteiger partial charge in [0.1, 0.15) is 0 Å². The number of benzene rings is 3. The van der Waals surface area contributed by atoms with Gasteiger partial charge >= 0.3 is 0 Å². The normalized spacial score (nSPS) is 11.3. The van der Waals surface area contributed by atoms with Crippen molar-refractivity contribution in [2.24, 2.45) is 5.10 Å². The molecular formula is C24H23N5OS. The van der Waals surface area contributed by atoms with Gasteiger partial charge in [0, 0.05) is 17.7 Å². The van der Waals surface area contributed by atoms with Gasteiger partial charge in [-0.1, -0.05) is 84.1 Å². The Morgan fingerprint density at radius 2 is 1.84 bits per heavy atom. The van der Waals surface area contributed by atoms with E-state index in [2.05, 4.69) is 51.9 Å². The standard InChI is InChI=1S/C24H23N5OS/c1-3-29-23(19-13-11-17(2)12-14-19)27-28-24(29)31-16-22(30)26-25-15-20-9-6-8-18-7-4-5-10-21(18)20/h4-15H,3,16H2,1-2H3,(H,26,30)/b25-15-. The lowest BCUT2D eigenvalue weighted by molar-refractivity contribution is -0.118. The van der Waals surface area contributed by atoms with Crippen LogP contribution in [0.3, 0.4) is 0 Å². The Kier molecular flexibility index (Phi) is 6.43. The Hall–Kier alpha value is -3.45. The first kappa shape index (κ1) is 20.8. The second kappa shape index (κ2) is 9.57.